The fourth-order valence-electron chi connectivity index (χ4n) is 1.98. The van der Waals surface area contributed by atoms with Crippen molar-refractivity contribution in [3.05, 3.63) is 51.7 Å². The molecule has 0 fully saturated rings. The molecule has 0 aliphatic heterocycles. The number of hydrogen-bond donors (Lipinski definition) is 1. The van der Waals surface area contributed by atoms with Crippen molar-refractivity contribution in [2.75, 3.05) is 0 Å². The number of ether oxygens (including phenoxy) is 1. The highest BCUT2D eigenvalue weighted by Crippen LogP contribution is 2.23. The molecule has 0 saturated carbocycles. The van der Waals surface area contributed by atoms with Crippen molar-refractivity contribution < 1.29 is 9.94 Å². The van der Waals surface area contributed by atoms with Gasteiger partial charge in [0.25, 0.3) is 0 Å². The molecular formula is C16H19NO2S. The van der Waals surface area contributed by atoms with E-state index in [4.69, 9.17) is 9.94 Å². The summed E-state index contributed by atoms with van der Waals surface area (Å²) < 4.78 is 5.88. The molecule has 3 nitrogen and oxygen atoms in total. The van der Waals surface area contributed by atoms with Crippen molar-refractivity contribution in [1.82, 2.24) is 0 Å². The third-order valence-corrected chi connectivity index (χ3v) is 4.29. The largest absolute Gasteiger partial charge is 0.487 e. The molecule has 0 saturated heterocycles. The fraction of sp³-hybridized carbons (Fsp3) is 0.312. The number of aryl methyl sites for hydroxylation is 1. The van der Waals surface area contributed by atoms with Crippen LogP contribution in [-0.4, -0.2) is 10.9 Å². The third-order valence-electron chi connectivity index (χ3n) is 3.09. The van der Waals surface area contributed by atoms with Gasteiger partial charge in [-0.15, -0.1) is 11.3 Å². The van der Waals surface area contributed by atoms with Crippen molar-refractivity contribution in [2.45, 2.75) is 33.3 Å². The van der Waals surface area contributed by atoms with E-state index >= 15 is 0 Å². The molecule has 0 amide bonds. The van der Waals surface area contributed by atoms with Gasteiger partial charge in [0.05, 0.1) is 5.71 Å². The summed E-state index contributed by atoms with van der Waals surface area (Å²) in [6.45, 7) is 4.65. The molecule has 106 valence electrons. The van der Waals surface area contributed by atoms with E-state index in [-0.39, 0.29) is 0 Å². The Kier molecular flexibility index (Phi) is 5.18. The first kappa shape index (κ1) is 14.6. The van der Waals surface area contributed by atoms with Gasteiger partial charge in [-0.25, -0.2) is 0 Å². The van der Waals surface area contributed by atoms with Crippen molar-refractivity contribution in [2.24, 2.45) is 5.16 Å². The van der Waals surface area contributed by atoms with E-state index in [1.165, 1.54) is 9.75 Å². The van der Waals surface area contributed by atoms with E-state index < -0.39 is 0 Å². The lowest BCUT2D eigenvalue weighted by Gasteiger charge is -2.10. The molecule has 0 bridgehead atoms. The van der Waals surface area contributed by atoms with Gasteiger partial charge in [-0.3, -0.25) is 0 Å². The summed E-state index contributed by atoms with van der Waals surface area (Å²) in [4.78, 5) is 2.57. The van der Waals surface area contributed by atoms with Gasteiger partial charge in [-0.05, 0) is 37.1 Å². The number of thiophene rings is 1. The molecule has 1 heterocycles. The summed E-state index contributed by atoms with van der Waals surface area (Å²) in [6.07, 6.45) is 1.72. The zero-order valence-electron chi connectivity index (χ0n) is 11.8. The summed E-state index contributed by atoms with van der Waals surface area (Å²) in [5, 5.41) is 12.4. The highest BCUT2D eigenvalue weighted by molar-refractivity contribution is 7.11. The number of oxime groups is 1. The van der Waals surface area contributed by atoms with Crippen LogP contribution in [0.25, 0.3) is 0 Å². The molecule has 0 unspecified atom stereocenters. The van der Waals surface area contributed by atoms with E-state index in [0.29, 0.717) is 18.7 Å². The van der Waals surface area contributed by atoms with Crippen LogP contribution in [-0.2, 0) is 13.0 Å². The topological polar surface area (TPSA) is 41.8 Å². The van der Waals surface area contributed by atoms with Gasteiger partial charge >= 0.3 is 0 Å². The Morgan fingerprint density at radius 1 is 1.15 bits per heavy atom. The van der Waals surface area contributed by atoms with Crippen molar-refractivity contribution in [3.8, 4) is 5.75 Å². The van der Waals surface area contributed by atoms with Gasteiger partial charge in [0.1, 0.15) is 12.4 Å². The van der Waals surface area contributed by atoms with Crippen molar-refractivity contribution in [3.63, 3.8) is 0 Å². The van der Waals surface area contributed by atoms with E-state index in [9.17, 15) is 0 Å². The van der Waals surface area contributed by atoms with Gasteiger partial charge in [0.2, 0.25) is 0 Å². The average molecular weight is 289 g/mol. The van der Waals surface area contributed by atoms with Crippen molar-refractivity contribution >= 4 is 17.0 Å². The lowest BCUT2D eigenvalue weighted by molar-refractivity contribution is 0.306. The molecule has 0 spiro atoms. The second-order valence-electron chi connectivity index (χ2n) is 4.41. The van der Waals surface area contributed by atoms with Gasteiger partial charge in [0.15, 0.2) is 0 Å². The van der Waals surface area contributed by atoms with Gasteiger partial charge in [0, 0.05) is 15.3 Å². The SMILES string of the molecule is CC/C(=N\O)c1ccccc1OCc1ccc(CC)s1. The fourth-order valence-corrected chi connectivity index (χ4v) is 2.86. The molecular weight excluding hydrogens is 270 g/mol. The minimum absolute atomic E-state index is 0.546. The maximum atomic E-state index is 9.06. The highest BCUT2D eigenvalue weighted by atomic mass is 32.1. The quantitative estimate of drug-likeness (QED) is 0.484. The first-order valence-corrected chi connectivity index (χ1v) is 7.60. The number of hydrogen-bond acceptors (Lipinski definition) is 4. The second kappa shape index (κ2) is 7.10. The van der Waals surface area contributed by atoms with Crippen LogP contribution in [0.2, 0.25) is 0 Å². The Hall–Kier alpha value is -1.81. The molecule has 1 aromatic heterocycles. The number of nitrogens with zero attached hydrogens (tertiary/aromatic N) is 1. The van der Waals surface area contributed by atoms with E-state index in [0.717, 1.165) is 17.7 Å². The number of para-hydroxylation sites is 1. The average Bonchev–Trinajstić information content (AvgIpc) is 2.95. The van der Waals surface area contributed by atoms with E-state index in [2.05, 4.69) is 24.2 Å². The monoisotopic (exact) mass is 289 g/mol. The van der Waals surface area contributed by atoms with Crippen LogP contribution >= 0.6 is 11.3 Å². The minimum Gasteiger partial charge on any atom is -0.487 e. The van der Waals surface area contributed by atoms with Gasteiger partial charge in [-0.1, -0.05) is 31.1 Å². The van der Waals surface area contributed by atoms with Crippen LogP contribution in [0.3, 0.4) is 0 Å². The molecule has 0 radical (unpaired) electrons. The Bertz CT molecular complexity index is 590. The highest BCUT2D eigenvalue weighted by Gasteiger charge is 2.09. The Morgan fingerprint density at radius 3 is 2.55 bits per heavy atom. The first-order chi connectivity index (χ1) is 9.78. The summed E-state index contributed by atoms with van der Waals surface area (Å²) in [5.74, 6) is 0.758. The van der Waals surface area contributed by atoms with Crippen LogP contribution in [0.4, 0.5) is 0 Å². The zero-order chi connectivity index (χ0) is 14.4. The van der Waals surface area contributed by atoms with Crippen LogP contribution in [0.5, 0.6) is 5.75 Å². The Morgan fingerprint density at radius 2 is 1.90 bits per heavy atom. The summed E-state index contributed by atoms with van der Waals surface area (Å²) in [7, 11) is 0. The lowest BCUT2D eigenvalue weighted by atomic mass is 10.1. The van der Waals surface area contributed by atoms with Gasteiger partial charge in [-0.2, -0.15) is 0 Å². The summed E-state index contributed by atoms with van der Waals surface area (Å²) in [6, 6.07) is 11.9. The van der Waals surface area contributed by atoms with Crippen LogP contribution < -0.4 is 4.74 Å². The minimum atomic E-state index is 0.546. The maximum absolute atomic E-state index is 9.06. The predicted molar refractivity (Wildman–Crippen MR) is 83.1 cm³/mol. The van der Waals surface area contributed by atoms with Crippen molar-refractivity contribution in [1.29, 1.82) is 0 Å². The lowest BCUT2D eigenvalue weighted by Crippen LogP contribution is -2.04. The smallest absolute Gasteiger partial charge is 0.129 e. The molecule has 0 atom stereocenters. The standard InChI is InChI=1S/C16H19NO2S/c1-3-12-9-10-13(20-12)11-19-16-8-6-5-7-14(16)15(4-2)17-18/h5-10,18H,3-4,11H2,1-2H3/b17-15+. The number of rotatable bonds is 6. The molecule has 2 aromatic rings. The predicted octanol–water partition coefficient (Wildman–Crippen LogP) is 4.48. The second-order valence-corrected chi connectivity index (χ2v) is 5.66. The maximum Gasteiger partial charge on any atom is 0.129 e. The summed E-state index contributed by atoms with van der Waals surface area (Å²) >= 11 is 1.77. The normalized spacial score (nSPS) is 11.6. The third kappa shape index (κ3) is 3.39. The summed E-state index contributed by atoms with van der Waals surface area (Å²) in [5.41, 5.74) is 1.49. The van der Waals surface area contributed by atoms with Crippen LogP contribution in [0.1, 0.15) is 35.6 Å². The van der Waals surface area contributed by atoms with Gasteiger partial charge < -0.3 is 9.94 Å². The number of benzene rings is 1. The molecule has 0 aliphatic carbocycles. The van der Waals surface area contributed by atoms with Crippen LogP contribution in [0, 0.1) is 0 Å². The molecule has 1 aromatic carbocycles. The van der Waals surface area contributed by atoms with E-state index in [1.54, 1.807) is 11.3 Å². The van der Waals surface area contributed by atoms with Crippen LogP contribution in [0.15, 0.2) is 41.6 Å². The first-order valence-electron chi connectivity index (χ1n) is 6.79. The molecule has 0 aliphatic rings. The zero-order valence-corrected chi connectivity index (χ0v) is 12.6. The molecule has 2 rings (SSSR count). The molecule has 4 heteroatoms. The molecule has 20 heavy (non-hydrogen) atoms. The Balaban J connectivity index is 2.13. The van der Waals surface area contributed by atoms with E-state index in [1.807, 2.05) is 31.2 Å². The molecule has 1 N–H and O–H groups in total. The Labute approximate surface area is 123 Å².